The lowest BCUT2D eigenvalue weighted by Gasteiger charge is -1.96. The van der Waals surface area contributed by atoms with Crippen molar-refractivity contribution in [1.82, 2.24) is 0 Å². The lowest BCUT2D eigenvalue weighted by atomic mass is 10.2. The highest BCUT2D eigenvalue weighted by Crippen LogP contribution is 2.29. The van der Waals surface area contributed by atoms with E-state index in [1.165, 1.54) is 6.07 Å². The Labute approximate surface area is 88.6 Å². The van der Waals surface area contributed by atoms with E-state index in [1.807, 2.05) is 0 Å². The Hall–Kier alpha value is -0.390. The molecule has 6 heteroatoms. The van der Waals surface area contributed by atoms with Gasteiger partial charge in [-0.2, -0.15) is 8.42 Å². The summed E-state index contributed by atoms with van der Waals surface area (Å²) in [5.41, 5.74) is 0.455. The molecule has 0 amide bonds. The fraction of sp³-hybridized carbons (Fsp3) is 0. The van der Waals surface area contributed by atoms with Crippen LogP contribution in [0.1, 0.15) is 5.56 Å². The highest BCUT2D eigenvalue weighted by molar-refractivity contribution is 9.10. The van der Waals surface area contributed by atoms with Crippen molar-refractivity contribution in [3.05, 3.63) is 28.2 Å². The van der Waals surface area contributed by atoms with E-state index >= 15 is 0 Å². The molecule has 0 aromatic heterocycles. The van der Waals surface area contributed by atoms with Crippen LogP contribution in [0.15, 0.2) is 32.0 Å². The molecule has 68 valence electrons. The summed E-state index contributed by atoms with van der Waals surface area (Å²) in [5.74, 6) is 0. The first-order valence-corrected chi connectivity index (χ1v) is 5.92. The van der Waals surface area contributed by atoms with Gasteiger partial charge in [-0.05, 0) is 18.2 Å². The molecular formula is C7H3BrClNO2S. The number of sulfonamides is 1. The van der Waals surface area contributed by atoms with Gasteiger partial charge < -0.3 is 0 Å². The maximum atomic E-state index is 11.3. The predicted molar refractivity (Wildman–Crippen MR) is 53.7 cm³/mol. The predicted octanol–water partition coefficient (Wildman–Crippen LogP) is 2.14. The summed E-state index contributed by atoms with van der Waals surface area (Å²) in [4.78, 5) is 0.167. The van der Waals surface area contributed by atoms with Gasteiger partial charge in [-0.15, -0.1) is 4.40 Å². The zero-order valence-corrected chi connectivity index (χ0v) is 9.32. The van der Waals surface area contributed by atoms with E-state index in [1.54, 1.807) is 12.1 Å². The van der Waals surface area contributed by atoms with Crippen LogP contribution < -0.4 is 0 Å². The second-order valence-electron chi connectivity index (χ2n) is 2.50. The first-order valence-electron chi connectivity index (χ1n) is 3.31. The monoisotopic (exact) mass is 279 g/mol. The van der Waals surface area contributed by atoms with E-state index in [0.717, 1.165) is 4.47 Å². The number of halogens is 2. The summed E-state index contributed by atoms with van der Waals surface area (Å²) in [6.45, 7) is 0. The Morgan fingerprint density at radius 1 is 1.38 bits per heavy atom. The van der Waals surface area contributed by atoms with Crippen LogP contribution in [0.25, 0.3) is 0 Å². The Bertz CT molecular complexity index is 509. The lowest BCUT2D eigenvalue weighted by Crippen LogP contribution is -1.92. The number of fused-ring (bicyclic) bond motifs is 1. The van der Waals surface area contributed by atoms with Crippen LogP contribution in [-0.2, 0) is 10.0 Å². The maximum Gasteiger partial charge on any atom is 0.284 e. The summed E-state index contributed by atoms with van der Waals surface area (Å²) >= 11 is 8.87. The average Bonchev–Trinajstić information content (AvgIpc) is 2.22. The van der Waals surface area contributed by atoms with E-state index in [4.69, 9.17) is 11.6 Å². The first kappa shape index (κ1) is 9.18. The molecule has 0 saturated carbocycles. The molecule has 0 N–H and O–H groups in total. The molecule has 0 saturated heterocycles. The third-order valence-electron chi connectivity index (χ3n) is 1.64. The van der Waals surface area contributed by atoms with Gasteiger partial charge in [0.1, 0.15) is 0 Å². The average molecular weight is 281 g/mol. The van der Waals surface area contributed by atoms with Gasteiger partial charge in [0.15, 0.2) is 5.17 Å². The third-order valence-corrected chi connectivity index (χ3v) is 3.86. The Morgan fingerprint density at radius 2 is 2.08 bits per heavy atom. The smallest absolute Gasteiger partial charge is 0.199 e. The molecule has 1 aromatic carbocycles. The molecule has 0 aliphatic carbocycles. The van der Waals surface area contributed by atoms with Crippen LogP contribution in [0.4, 0.5) is 0 Å². The van der Waals surface area contributed by atoms with Crippen LogP contribution in [0.3, 0.4) is 0 Å². The SMILES string of the molecule is O=S1(=O)N=C(Cl)c2cc(Br)ccc21. The van der Waals surface area contributed by atoms with Gasteiger partial charge in [-0.3, -0.25) is 0 Å². The Kier molecular flexibility index (Phi) is 1.98. The molecule has 1 heterocycles. The fourth-order valence-corrected chi connectivity index (χ4v) is 3.02. The van der Waals surface area contributed by atoms with Crippen LogP contribution in [-0.4, -0.2) is 13.6 Å². The van der Waals surface area contributed by atoms with Crippen molar-refractivity contribution in [2.45, 2.75) is 4.90 Å². The minimum absolute atomic E-state index is 0.0244. The van der Waals surface area contributed by atoms with Crippen LogP contribution in [0, 0.1) is 0 Å². The van der Waals surface area contributed by atoms with Crippen LogP contribution in [0.2, 0.25) is 0 Å². The van der Waals surface area contributed by atoms with Gasteiger partial charge >= 0.3 is 0 Å². The standard InChI is InChI=1S/C7H3BrClNO2S/c8-4-1-2-6-5(3-4)7(9)10-13(6,11)12/h1-3H. The topological polar surface area (TPSA) is 46.5 Å². The Balaban J connectivity index is 2.82. The minimum Gasteiger partial charge on any atom is -0.199 e. The quantitative estimate of drug-likeness (QED) is 0.731. The number of hydrogen-bond acceptors (Lipinski definition) is 2. The molecule has 0 atom stereocenters. The van der Waals surface area contributed by atoms with E-state index in [9.17, 15) is 8.42 Å². The van der Waals surface area contributed by atoms with Crippen molar-refractivity contribution in [3.8, 4) is 0 Å². The fourth-order valence-electron chi connectivity index (χ4n) is 1.09. The zero-order valence-electron chi connectivity index (χ0n) is 6.16. The lowest BCUT2D eigenvalue weighted by molar-refractivity contribution is 0.599. The van der Waals surface area contributed by atoms with Crippen molar-refractivity contribution < 1.29 is 8.42 Å². The van der Waals surface area contributed by atoms with E-state index in [-0.39, 0.29) is 10.1 Å². The molecule has 0 radical (unpaired) electrons. The molecule has 1 aromatic rings. The van der Waals surface area contributed by atoms with Crippen LogP contribution in [0.5, 0.6) is 0 Å². The molecular weight excluding hydrogens is 278 g/mol. The van der Waals surface area contributed by atoms with Gasteiger partial charge in [-0.1, -0.05) is 27.5 Å². The van der Waals surface area contributed by atoms with Crippen molar-refractivity contribution in [2.75, 3.05) is 0 Å². The van der Waals surface area contributed by atoms with Crippen molar-refractivity contribution >= 4 is 42.7 Å². The van der Waals surface area contributed by atoms with E-state index in [0.29, 0.717) is 5.56 Å². The summed E-state index contributed by atoms with van der Waals surface area (Å²) in [6, 6.07) is 4.75. The molecule has 0 fully saturated rings. The third kappa shape index (κ3) is 1.41. The van der Waals surface area contributed by atoms with Gasteiger partial charge in [0.2, 0.25) is 0 Å². The molecule has 3 nitrogen and oxygen atoms in total. The van der Waals surface area contributed by atoms with E-state index in [2.05, 4.69) is 20.3 Å². The summed E-state index contributed by atoms with van der Waals surface area (Å²) in [5, 5.41) is 0.0244. The normalized spacial score (nSPS) is 18.2. The number of nitrogens with zero attached hydrogens (tertiary/aromatic N) is 1. The van der Waals surface area contributed by atoms with Crippen LogP contribution >= 0.6 is 27.5 Å². The highest BCUT2D eigenvalue weighted by Gasteiger charge is 2.27. The molecule has 0 spiro atoms. The summed E-state index contributed by atoms with van der Waals surface area (Å²) in [7, 11) is -3.54. The molecule has 0 bridgehead atoms. The number of rotatable bonds is 0. The summed E-state index contributed by atoms with van der Waals surface area (Å²) < 4.78 is 26.7. The largest absolute Gasteiger partial charge is 0.284 e. The Morgan fingerprint density at radius 3 is 2.77 bits per heavy atom. The van der Waals surface area contributed by atoms with E-state index < -0.39 is 10.0 Å². The highest BCUT2D eigenvalue weighted by atomic mass is 79.9. The minimum atomic E-state index is -3.54. The number of benzene rings is 1. The molecule has 13 heavy (non-hydrogen) atoms. The van der Waals surface area contributed by atoms with Gasteiger partial charge in [0.25, 0.3) is 10.0 Å². The first-order chi connectivity index (χ1) is 6.00. The van der Waals surface area contributed by atoms with Crippen molar-refractivity contribution in [1.29, 1.82) is 0 Å². The zero-order chi connectivity index (χ0) is 9.64. The number of hydrogen-bond donors (Lipinski definition) is 0. The summed E-state index contributed by atoms with van der Waals surface area (Å²) in [6.07, 6.45) is 0. The van der Waals surface area contributed by atoms with Crippen molar-refractivity contribution in [2.24, 2.45) is 4.40 Å². The maximum absolute atomic E-state index is 11.3. The van der Waals surface area contributed by atoms with Gasteiger partial charge in [0.05, 0.1) is 4.90 Å². The molecule has 1 aliphatic heterocycles. The second-order valence-corrected chi connectivity index (χ2v) is 5.34. The second kappa shape index (κ2) is 2.80. The molecule has 0 unspecified atom stereocenters. The molecule has 2 rings (SSSR count). The van der Waals surface area contributed by atoms with Crippen molar-refractivity contribution in [3.63, 3.8) is 0 Å². The van der Waals surface area contributed by atoms with Gasteiger partial charge in [-0.25, -0.2) is 0 Å². The van der Waals surface area contributed by atoms with Gasteiger partial charge in [0, 0.05) is 10.0 Å². The molecule has 1 aliphatic rings.